The van der Waals surface area contributed by atoms with E-state index in [1.54, 1.807) is 0 Å². The molecule has 0 bridgehead atoms. The Morgan fingerprint density at radius 2 is 2.21 bits per heavy atom. The van der Waals surface area contributed by atoms with Gasteiger partial charge >= 0.3 is 0 Å². The van der Waals surface area contributed by atoms with Crippen molar-refractivity contribution in [1.29, 1.82) is 0 Å². The van der Waals surface area contributed by atoms with Gasteiger partial charge in [-0.1, -0.05) is 6.92 Å². The minimum absolute atomic E-state index is 0.670. The number of ether oxygens (including phenoxy) is 1. The normalized spacial score (nSPS) is 15.9. The molecule has 0 spiro atoms. The Bertz CT molecular complexity index is 255. The Morgan fingerprint density at radius 1 is 1.42 bits per heavy atom. The Kier molecular flexibility index (Phi) is 8.53. The molecule has 1 saturated carbocycles. The zero-order valence-corrected chi connectivity index (χ0v) is 12.3. The number of rotatable bonds is 10. The van der Waals surface area contributed by atoms with Crippen molar-refractivity contribution >= 4 is 5.96 Å². The van der Waals surface area contributed by atoms with Crippen molar-refractivity contribution in [1.82, 2.24) is 15.6 Å². The van der Waals surface area contributed by atoms with Crippen LogP contribution in [0.25, 0.3) is 0 Å². The molecule has 1 fully saturated rings. The number of nitrogens with two attached hydrogens (primary N) is 1. The van der Waals surface area contributed by atoms with Crippen molar-refractivity contribution in [2.45, 2.75) is 39.2 Å². The van der Waals surface area contributed by atoms with Gasteiger partial charge in [-0.15, -0.1) is 0 Å². The lowest BCUT2D eigenvalue weighted by Crippen LogP contribution is -2.45. The number of nitrogens with one attached hydrogen (secondary N) is 2. The van der Waals surface area contributed by atoms with Gasteiger partial charge in [0.15, 0.2) is 0 Å². The average molecular weight is 271 g/mol. The van der Waals surface area contributed by atoms with Crippen molar-refractivity contribution in [2.24, 2.45) is 10.8 Å². The van der Waals surface area contributed by atoms with Crippen LogP contribution in [0.1, 0.15) is 33.1 Å². The Labute approximate surface area is 116 Å². The third kappa shape index (κ3) is 7.34. The lowest BCUT2D eigenvalue weighted by atomic mass is 10.4. The molecule has 1 aliphatic carbocycles. The van der Waals surface area contributed by atoms with Crippen LogP contribution in [0.15, 0.2) is 4.99 Å². The number of hydrogen-bond acceptors (Lipinski definition) is 4. The first-order valence-corrected chi connectivity index (χ1v) is 7.38. The van der Waals surface area contributed by atoms with E-state index >= 15 is 0 Å². The second kappa shape index (κ2) is 10.00. The standard InChI is InChI=1S/C13H29N5O/c1-3-18(12-6-7-12)10-9-16-13(17-14)15-8-5-11-19-4-2/h12H,3-11,14H2,1-2H3,(H2,15,16,17). The molecule has 0 aromatic carbocycles. The van der Waals surface area contributed by atoms with E-state index in [4.69, 9.17) is 10.6 Å². The van der Waals surface area contributed by atoms with Crippen molar-refractivity contribution < 1.29 is 4.74 Å². The van der Waals surface area contributed by atoms with E-state index in [2.05, 4.69) is 27.6 Å². The minimum Gasteiger partial charge on any atom is -0.382 e. The fourth-order valence-corrected chi connectivity index (χ4v) is 2.01. The predicted octanol–water partition coefficient (Wildman–Crippen LogP) is 0.306. The predicted molar refractivity (Wildman–Crippen MR) is 79.0 cm³/mol. The molecule has 112 valence electrons. The maximum absolute atomic E-state index is 5.45. The summed E-state index contributed by atoms with van der Waals surface area (Å²) in [6.07, 6.45) is 3.62. The monoisotopic (exact) mass is 271 g/mol. The SMILES string of the molecule is CCOCCCN=C(NN)NCCN(CC)C1CC1. The zero-order chi connectivity index (χ0) is 13.9. The van der Waals surface area contributed by atoms with Gasteiger partial charge in [0.2, 0.25) is 5.96 Å². The van der Waals surface area contributed by atoms with Crippen LogP contribution in [0.3, 0.4) is 0 Å². The number of guanidine groups is 1. The first-order chi connectivity index (χ1) is 9.31. The molecular formula is C13H29N5O. The van der Waals surface area contributed by atoms with Gasteiger partial charge in [0, 0.05) is 38.9 Å². The smallest absolute Gasteiger partial charge is 0.205 e. The average Bonchev–Trinajstić information content (AvgIpc) is 3.25. The van der Waals surface area contributed by atoms with Gasteiger partial charge in [0.1, 0.15) is 0 Å². The summed E-state index contributed by atoms with van der Waals surface area (Å²) in [6, 6.07) is 0.809. The molecule has 0 saturated heterocycles. The summed E-state index contributed by atoms with van der Waals surface area (Å²) in [7, 11) is 0. The molecule has 4 N–H and O–H groups in total. The van der Waals surface area contributed by atoms with Crippen LogP contribution < -0.4 is 16.6 Å². The third-order valence-electron chi connectivity index (χ3n) is 3.22. The largest absolute Gasteiger partial charge is 0.382 e. The summed E-state index contributed by atoms with van der Waals surface area (Å²) < 4.78 is 5.26. The minimum atomic E-state index is 0.670. The molecular weight excluding hydrogens is 242 g/mol. The van der Waals surface area contributed by atoms with Gasteiger partial charge in [0.05, 0.1) is 0 Å². The van der Waals surface area contributed by atoms with E-state index in [1.165, 1.54) is 12.8 Å². The van der Waals surface area contributed by atoms with Gasteiger partial charge < -0.3 is 10.1 Å². The summed E-state index contributed by atoms with van der Waals surface area (Å²) in [6.45, 7) is 9.48. The molecule has 0 atom stereocenters. The molecule has 1 rings (SSSR count). The maximum atomic E-state index is 5.45. The summed E-state index contributed by atoms with van der Waals surface area (Å²) in [5.74, 6) is 6.12. The molecule has 0 radical (unpaired) electrons. The van der Waals surface area contributed by atoms with E-state index in [1.807, 2.05) is 6.92 Å². The van der Waals surface area contributed by atoms with Crippen LogP contribution in [0.5, 0.6) is 0 Å². The number of likely N-dealkylation sites (N-methyl/N-ethyl adjacent to an activating group) is 1. The van der Waals surface area contributed by atoms with E-state index in [-0.39, 0.29) is 0 Å². The number of nitrogens with zero attached hydrogens (tertiary/aromatic N) is 2. The lowest BCUT2D eigenvalue weighted by molar-refractivity contribution is 0.146. The van der Waals surface area contributed by atoms with Crippen molar-refractivity contribution in [3.63, 3.8) is 0 Å². The second-order valence-corrected chi connectivity index (χ2v) is 4.71. The van der Waals surface area contributed by atoms with Gasteiger partial charge in [-0.3, -0.25) is 15.3 Å². The fraction of sp³-hybridized carbons (Fsp3) is 0.923. The first kappa shape index (κ1) is 16.2. The third-order valence-corrected chi connectivity index (χ3v) is 3.22. The molecule has 0 aromatic rings. The van der Waals surface area contributed by atoms with Crippen molar-refractivity contribution in [3.05, 3.63) is 0 Å². The molecule has 0 unspecified atom stereocenters. The molecule has 0 aliphatic heterocycles. The van der Waals surface area contributed by atoms with E-state index < -0.39 is 0 Å². The highest BCUT2D eigenvalue weighted by Crippen LogP contribution is 2.25. The summed E-state index contributed by atoms with van der Waals surface area (Å²) in [4.78, 5) is 6.86. The van der Waals surface area contributed by atoms with Crippen LogP contribution in [0.2, 0.25) is 0 Å². The van der Waals surface area contributed by atoms with E-state index in [0.29, 0.717) is 5.96 Å². The van der Waals surface area contributed by atoms with Crippen LogP contribution in [0, 0.1) is 0 Å². The molecule has 6 heteroatoms. The van der Waals surface area contributed by atoms with Gasteiger partial charge in [-0.2, -0.15) is 0 Å². The van der Waals surface area contributed by atoms with Gasteiger partial charge in [-0.05, 0) is 32.7 Å². The first-order valence-electron chi connectivity index (χ1n) is 7.38. The number of hydrogen-bond donors (Lipinski definition) is 3. The maximum Gasteiger partial charge on any atom is 0.205 e. The molecule has 0 amide bonds. The van der Waals surface area contributed by atoms with Gasteiger partial charge in [0.25, 0.3) is 0 Å². The van der Waals surface area contributed by atoms with Crippen LogP contribution in [-0.2, 0) is 4.74 Å². The van der Waals surface area contributed by atoms with Gasteiger partial charge in [-0.25, -0.2) is 5.84 Å². The molecule has 6 nitrogen and oxygen atoms in total. The lowest BCUT2D eigenvalue weighted by Gasteiger charge is -2.20. The highest BCUT2D eigenvalue weighted by atomic mass is 16.5. The highest BCUT2D eigenvalue weighted by Gasteiger charge is 2.27. The Hall–Kier alpha value is -0.850. The van der Waals surface area contributed by atoms with Crippen LogP contribution in [0.4, 0.5) is 0 Å². The number of aliphatic imine (C=N–C) groups is 1. The summed E-state index contributed by atoms with van der Waals surface area (Å²) in [5.41, 5.74) is 2.61. The molecule has 0 heterocycles. The second-order valence-electron chi connectivity index (χ2n) is 4.71. The van der Waals surface area contributed by atoms with Crippen molar-refractivity contribution in [2.75, 3.05) is 39.4 Å². The quantitative estimate of drug-likeness (QED) is 0.175. The zero-order valence-electron chi connectivity index (χ0n) is 12.3. The Balaban J connectivity index is 2.10. The summed E-state index contributed by atoms with van der Waals surface area (Å²) in [5, 5.41) is 3.24. The van der Waals surface area contributed by atoms with E-state index in [9.17, 15) is 0 Å². The topological polar surface area (TPSA) is 74.9 Å². The number of hydrazine groups is 1. The highest BCUT2D eigenvalue weighted by molar-refractivity contribution is 5.79. The Morgan fingerprint density at radius 3 is 2.79 bits per heavy atom. The van der Waals surface area contributed by atoms with E-state index in [0.717, 1.165) is 51.9 Å². The molecule has 19 heavy (non-hydrogen) atoms. The van der Waals surface area contributed by atoms with Crippen LogP contribution >= 0.6 is 0 Å². The molecule has 0 aromatic heterocycles. The van der Waals surface area contributed by atoms with Crippen LogP contribution in [-0.4, -0.2) is 56.3 Å². The molecule has 1 aliphatic rings. The summed E-state index contributed by atoms with van der Waals surface area (Å²) >= 11 is 0. The van der Waals surface area contributed by atoms with Crippen molar-refractivity contribution in [3.8, 4) is 0 Å². The fourth-order valence-electron chi connectivity index (χ4n) is 2.01.